The number of benzene rings is 1. The van der Waals surface area contributed by atoms with E-state index in [1.165, 1.54) is 7.11 Å². The van der Waals surface area contributed by atoms with Crippen molar-refractivity contribution in [1.82, 2.24) is 14.9 Å². The van der Waals surface area contributed by atoms with Crippen LogP contribution in [0.3, 0.4) is 0 Å². The van der Waals surface area contributed by atoms with Crippen LogP contribution in [0.25, 0.3) is 0 Å². The van der Waals surface area contributed by atoms with Crippen molar-refractivity contribution in [2.75, 3.05) is 13.7 Å². The zero-order valence-corrected chi connectivity index (χ0v) is 12.5. The second kappa shape index (κ2) is 7.30. The molecule has 2 rings (SSSR count). The molecule has 0 saturated carbocycles. The first-order chi connectivity index (χ1) is 10.1. The molecule has 0 bridgehead atoms. The highest BCUT2D eigenvalue weighted by atomic mass is 32.2. The molecule has 0 aliphatic heterocycles. The van der Waals surface area contributed by atoms with Crippen LogP contribution >= 0.6 is 0 Å². The van der Waals surface area contributed by atoms with E-state index in [4.69, 9.17) is 9.26 Å². The molecule has 1 aromatic heterocycles. The van der Waals surface area contributed by atoms with E-state index in [9.17, 15) is 8.42 Å². The lowest BCUT2D eigenvalue weighted by Crippen LogP contribution is -2.27. The van der Waals surface area contributed by atoms with Crippen LogP contribution in [0.15, 0.2) is 34.9 Å². The van der Waals surface area contributed by atoms with Gasteiger partial charge in [0, 0.05) is 20.1 Å². The fraction of sp³-hybridized carbons (Fsp3) is 0.385. The van der Waals surface area contributed by atoms with E-state index in [0.717, 1.165) is 5.56 Å². The molecule has 1 heterocycles. The monoisotopic (exact) mass is 311 g/mol. The Morgan fingerprint density at radius 1 is 1.29 bits per heavy atom. The Hall–Kier alpha value is -1.77. The van der Waals surface area contributed by atoms with Gasteiger partial charge in [0.2, 0.25) is 10.0 Å². The highest BCUT2D eigenvalue weighted by molar-refractivity contribution is 7.88. The summed E-state index contributed by atoms with van der Waals surface area (Å²) in [7, 11) is -1.84. The minimum atomic E-state index is -3.37. The largest absolute Gasteiger partial charge is 0.375 e. The van der Waals surface area contributed by atoms with Gasteiger partial charge < -0.3 is 9.26 Å². The van der Waals surface area contributed by atoms with Crippen molar-refractivity contribution in [2.45, 2.75) is 18.8 Å². The smallest absolute Gasteiger partial charge is 0.252 e. The lowest BCUT2D eigenvalue weighted by atomic mass is 10.2. The molecule has 0 spiro atoms. The van der Waals surface area contributed by atoms with Gasteiger partial charge in [-0.2, -0.15) is 4.98 Å². The zero-order chi connectivity index (χ0) is 15.1. The molecular weight excluding hydrogens is 294 g/mol. The number of ether oxygens (including phenoxy) is 1. The summed E-state index contributed by atoms with van der Waals surface area (Å²) in [4.78, 5) is 4.07. The first kappa shape index (κ1) is 15.6. The van der Waals surface area contributed by atoms with Gasteiger partial charge in [0.05, 0.1) is 5.75 Å². The predicted molar refractivity (Wildman–Crippen MR) is 75.8 cm³/mol. The summed E-state index contributed by atoms with van der Waals surface area (Å²) in [5.74, 6) is 0.777. The quantitative estimate of drug-likeness (QED) is 0.777. The highest BCUT2D eigenvalue weighted by Gasteiger charge is 2.12. The maximum absolute atomic E-state index is 11.9. The molecule has 1 aromatic carbocycles. The van der Waals surface area contributed by atoms with E-state index in [2.05, 4.69) is 14.9 Å². The molecule has 0 radical (unpaired) electrons. The summed E-state index contributed by atoms with van der Waals surface area (Å²) >= 11 is 0. The summed E-state index contributed by atoms with van der Waals surface area (Å²) in [5, 5.41) is 3.74. The Labute approximate surface area is 123 Å². The van der Waals surface area contributed by atoms with Gasteiger partial charge in [-0.05, 0) is 5.56 Å². The van der Waals surface area contributed by atoms with Crippen LogP contribution in [0.2, 0.25) is 0 Å². The Morgan fingerprint density at radius 3 is 2.76 bits per heavy atom. The second-order valence-corrected chi connectivity index (χ2v) is 6.23. The molecule has 114 valence electrons. The van der Waals surface area contributed by atoms with Crippen LogP contribution in [0, 0.1) is 0 Å². The Morgan fingerprint density at radius 2 is 2.05 bits per heavy atom. The number of hydrogen-bond acceptors (Lipinski definition) is 6. The highest BCUT2D eigenvalue weighted by Crippen LogP contribution is 2.04. The Kier molecular flexibility index (Phi) is 5.43. The van der Waals surface area contributed by atoms with Gasteiger partial charge in [-0.25, -0.2) is 13.1 Å². The molecule has 0 atom stereocenters. The fourth-order valence-corrected chi connectivity index (χ4v) is 2.88. The molecule has 0 unspecified atom stereocenters. The average molecular weight is 311 g/mol. The van der Waals surface area contributed by atoms with E-state index in [1.54, 1.807) is 12.1 Å². The number of hydrogen-bond donors (Lipinski definition) is 1. The number of rotatable bonds is 8. The third-order valence-electron chi connectivity index (χ3n) is 2.65. The van der Waals surface area contributed by atoms with Crippen LogP contribution in [0.4, 0.5) is 0 Å². The Balaban J connectivity index is 1.81. The number of methoxy groups -OCH3 is 1. The first-order valence-corrected chi connectivity index (χ1v) is 8.06. The SMILES string of the molecule is COCc1nc(CCNS(=O)(=O)Cc2ccccc2)no1. The minimum absolute atomic E-state index is 0.0466. The molecular formula is C13H17N3O4S. The van der Waals surface area contributed by atoms with Crippen LogP contribution in [-0.2, 0) is 33.5 Å². The van der Waals surface area contributed by atoms with Crippen LogP contribution in [-0.4, -0.2) is 32.2 Å². The molecule has 0 saturated heterocycles. The second-order valence-electron chi connectivity index (χ2n) is 4.43. The van der Waals surface area contributed by atoms with Gasteiger partial charge in [-0.15, -0.1) is 0 Å². The van der Waals surface area contributed by atoms with Crippen LogP contribution < -0.4 is 4.72 Å². The topological polar surface area (TPSA) is 94.3 Å². The Bertz CT molecular complexity index is 655. The van der Waals surface area contributed by atoms with Crippen LogP contribution in [0.5, 0.6) is 0 Å². The predicted octanol–water partition coefficient (Wildman–Crippen LogP) is 0.878. The summed E-state index contributed by atoms with van der Waals surface area (Å²) < 4.78 is 36.1. The average Bonchev–Trinajstić information content (AvgIpc) is 2.87. The van der Waals surface area contributed by atoms with Crippen molar-refractivity contribution < 1.29 is 17.7 Å². The minimum Gasteiger partial charge on any atom is -0.375 e. The molecule has 0 fully saturated rings. The number of nitrogens with zero attached hydrogens (tertiary/aromatic N) is 2. The number of aromatic nitrogens is 2. The van der Waals surface area contributed by atoms with Crippen molar-refractivity contribution in [3.63, 3.8) is 0 Å². The maximum atomic E-state index is 11.9. The van der Waals surface area contributed by atoms with Gasteiger partial charge in [0.15, 0.2) is 5.82 Å². The number of sulfonamides is 1. The van der Waals surface area contributed by atoms with E-state index in [1.807, 2.05) is 18.2 Å². The first-order valence-electron chi connectivity index (χ1n) is 6.41. The molecule has 1 N–H and O–H groups in total. The molecule has 0 aliphatic rings. The van der Waals surface area contributed by atoms with Crippen molar-refractivity contribution in [2.24, 2.45) is 0 Å². The third-order valence-corrected chi connectivity index (χ3v) is 4.01. The summed E-state index contributed by atoms with van der Waals surface area (Å²) in [6.07, 6.45) is 0.362. The van der Waals surface area contributed by atoms with Crippen molar-refractivity contribution in [3.8, 4) is 0 Å². The molecule has 7 nitrogen and oxygen atoms in total. The van der Waals surface area contributed by atoms with Crippen molar-refractivity contribution in [1.29, 1.82) is 0 Å². The summed E-state index contributed by atoms with van der Waals surface area (Å²) in [5.41, 5.74) is 0.743. The van der Waals surface area contributed by atoms with Crippen molar-refractivity contribution in [3.05, 3.63) is 47.6 Å². The maximum Gasteiger partial charge on any atom is 0.252 e. The molecule has 8 heteroatoms. The van der Waals surface area contributed by atoms with Gasteiger partial charge in [0.1, 0.15) is 6.61 Å². The molecule has 0 amide bonds. The fourth-order valence-electron chi connectivity index (χ4n) is 1.74. The summed E-state index contributed by atoms with van der Waals surface area (Å²) in [6.45, 7) is 0.466. The van der Waals surface area contributed by atoms with E-state index in [0.29, 0.717) is 18.1 Å². The van der Waals surface area contributed by atoms with Crippen LogP contribution in [0.1, 0.15) is 17.3 Å². The van der Waals surface area contributed by atoms with E-state index in [-0.39, 0.29) is 18.9 Å². The standard InChI is InChI=1S/C13H17N3O4S/c1-19-9-13-15-12(16-20-13)7-8-14-21(17,18)10-11-5-3-2-4-6-11/h2-6,14H,7-10H2,1H3. The molecule has 0 aliphatic carbocycles. The van der Waals surface area contributed by atoms with Gasteiger partial charge in [-0.1, -0.05) is 35.5 Å². The van der Waals surface area contributed by atoms with Gasteiger partial charge in [-0.3, -0.25) is 0 Å². The van der Waals surface area contributed by atoms with Gasteiger partial charge in [0.25, 0.3) is 5.89 Å². The molecule has 21 heavy (non-hydrogen) atoms. The van der Waals surface area contributed by atoms with Gasteiger partial charge >= 0.3 is 0 Å². The lowest BCUT2D eigenvalue weighted by Gasteiger charge is -2.05. The van der Waals surface area contributed by atoms with Crippen molar-refractivity contribution >= 4 is 10.0 Å². The number of nitrogens with one attached hydrogen (secondary N) is 1. The van der Waals surface area contributed by atoms with E-state index < -0.39 is 10.0 Å². The van der Waals surface area contributed by atoms with E-state index >= 15 is 0 Å². The lowest BCUT2D eigenvalue weighted by molar-refractivity contribution is 0.151. The zero-order valence-electron chi connectivity index (χ0n) is 11.7. The third kappa shape index (κ3) is 5.25. The molecule has 2 aromatic rings. The normalized spacial score (nSPS) is 11.7. The summed E-state index contributed by atoms with van der Waals surface area (Å²) in [6, 6.07) is 9.01.